The molecule has 0 saturated carbocycles. The number of hydrogen-bond acceptors (Lipinski definition) is 3. The Morgan fingerprint density at radius 2 is 1.64 bits per heavy atom. The first-order chi connectivity index (χ1) is 10.6. The summed E-state index contributed by atoms with van der Waals surface area (Å²) in [6.07, 6.45) is 1.40. The fourth-order valence-corrected chi connectivity index (χ4v) is 1.82. The molecule has 2 amide bonds. The normalized spacial score (nSPS) is 10.5. The van der Waals surface area contributed by atoms with Gasteiger partial charge in [0.15, 0.2) is 0 Å². The van der Waals surface area contributed by atoms with Crippen LogP contribution in [0.25, 0.3) is 0 Å². The van der Waals surface area contributed by atoms with E-state index < -0.39 is 11.8 Å². The van der Waals surface area contributed by atoms with Crippen molar-refractivity contribution in [2.75, 3.05) is 5.32 Å². The van der Waals surface area contributed by atoms with E-state index in [1.165, 1.54) is 6.21 Å². The van der Waals surface area contributed by atoms with Crippen LogP contribution in [0.2, 0.25) is 10.0 Å². The van der Waals surface area contributed by atoms with Gasteiger partial charge in [-0.1, -0.05) is 47.5 Å². The molecule has 0 atom stereocenters. The molecule has 0 unspecified atom stereocenters. The summed E-state index contributed by atoms with van der Waals surface area (Å²) < 4.78 is 0. The average molecular weight is 336 g/mol. The molecule has 0 aliphatic rings. The molecule has 0 aliphatic heterocycles. The second-order valence-corrected chi connectivity index (χ2v) is 5.03. The van der Waals surface area contributed by atoms with Gasteiger partial charge in [0.1, 0.15) is 0 Å². The monoisotopic (exact) mass is 335 g/mol. The second kappa shape index (κ2) is 7.59. The van der Waals surface area contributed by atoms with Crippen molar-refractivity contribution in [3.63, 3.8) is 0 Å². The zero-order valence-electron chi connectivity index (χ0n) is 11.2. The van der Waals surface area contributed by atoms with Crippen LogP contribution in [0.4, 0.5) is 5.69 Å². The largest absolute Gasteiger partial charge is 0.329 e. The number of carbonyl (C=O) groups is 2. The molecular weight excluding hydrogens is 325 g/mol. The number of halogens is 2. The van der Waals surface area contributed by atoms with Gasteiger partial charge in [-0.3, -0.25) is 9.59 Å². The maximum absolute atomic E-state index is 11.7. The van der Waals surface area contributed by atoms with Gasteiger partial charge >= 0.3 is 11.8 Å². The molecule has 22 heavy (non-hydrogen) atoms. The van der Waals surface area contributed by atoms with E-state index in [9.17, 15) is 9.59 Å². The van der Waals surface area contributed by atoms with E-state index in [1.807, 2.05) is 0 Å². The minimum atomic E-state index is -0.898. The molecule has 0 heterocycles. The van der Waals surface area contributed by atoms with Crippen LogP contribution in [-0.2, 0) is 9.59 Å². The van der Waals surface area contributed by atoms with Crippen LogP contribution >= 0.6 is 23.2 Å². The van der Waals surface area contributed by atoms with E-state index in [4.69, 9.17) is 23.2 Å². The van der Waals surface area contributed by atoms with E-state index >= 15 is 0 Å². The van der Waals surface area contributed by atoms with Gasteiger partial charge < -0.3 is 5.32 Å². The fourth-order valence-electron chi connectivity index (χ4n) is 1.51. The summed E-state index contributed by atoms with van der Waals surface area (Å²) in [5.41, 5.74) is 3.21. The molecule has 0 bridgehead atoms. The van der Waals surface area contributed by atoms with Crippen molar-refractivity contribution in [1.29, 1.82) is 0 Å². The Labute approximate surface area is 136 Å². The second-order valence-electron chi connectivity index (χ2n) is 4.18. The zero-order chi connectivity index (χ0) is 15.9. The van der Waals surface area contributed by atoms with E-state index in [0.29, 0.717) is 15.7 Å². The molecule has 0 aliphatic carbocycles. The molecule has 5 nitrogen and oxygen atoms in total. The van der Waals surface area contributed by atoms with Crippen LogP contribution in [0.5, 0.6) is 0 Å². The minimum absolute atomic E-state index is 0.341. The number of anilines is 1. The highest BCUT2D eigenvalue weighted by molar-refractivity contribution is 6.41. The lowest BCUT2D eigenvalue weighted by molar-refractivity contribution is -0.136. The van der Waals surface area contributed by atoms with Crippen molar-refractivity contribution < 1.29 is 9.59 Å². The summed E-state index contributed by atoms with van der Waals surface area (Å²) in [5.74, 6) is -1.76. The molecule has 0 radical (unpaired) electrons. The minimum Gasteiger partial charge on any atom is -0.316 e. The Morgan fingerprint density at radius 1 is 0.955 bits per heavy atom. The molecule has 2 aromatic rings. The lowest BCUT2D eigenvalue weighted by atomic mass is 10.2. The maximum atomic E-state index is 11.7. The first-order valence-corrected chi connectivity index (χ1v) is 6.96. The van der Waals surface area contributed by atoms with Crippen molar-refractivity contribution in [3.8, 4) is 0 Å². The van der Waals surface area contributed by atoms with Gasteiger partial charge in [0.05, 0.1) is 16.9 Å². The molecular formula is C15H11Cl2N3O2. The quantitative estimate of drug-likeness (QED) is 0.514. The maximum Gasteiger partial charge on any atom is 0.329 e. The number of nitrogens with one attached hydrogen (secondary N) is 2. The third kappa shape index (κ3) is 4.58. The molecule has 2 rings (SSSR count). The third-order valence-corrected chi connectivity index (χ3v) is 3.16. The van der Waals surface area contributed by atoms with Crippen molar-refractivity contribution in [1.82, 2.24) is 5.43 Å². The predicted molar refractivity (Wildman–Crippen MR) is 87.3 cm³/mol. The first-order valence-electron chi connectivity index (χ1n) is 6.21. The summed E-state index contributed by atoms with van der Waals surface area (Å²) in [6.45, 7) is 0. The predicted octanol–water partition coefficient (Wildman–Crippen LogP) is 3.08. The topological polar surface area (TPSA) is 70.6 Å². The van der Waals surface area contributed by atoms with E-state index in [1.54, 1.807) is 48.5 Å². The smallest absolute Gasteiger partial charge is 0.316 e. The van der Waals surface area contributed by atoms with E-state index in [0.717, 1.165) is 5.56 Å². The average Bonchev–Trinajstić information content (AvgIpc) is 2.51. The van der Waals surface area contributed by atoms with Crippen molar-refractivity contribution in [2.45, 2.75) is 0 Å². The summed E-state index contributed by atoms with van der Waals surface area (Å²) in [7, 11) is 0. The summed E-state index contributed by atoms with van der Waals surface area (Å²) >= 11 is 11.6. The molecule has 0 spiro atoms. The number of nitrogens with zero attached hydrogens (tertiary/aromatic N) is 1. The van der Waals surface area contributed by atoms with Crippen LogP contribution in [0.1, 0.15) is 5.56 Å². The van der Waals surface area contributed by atoms with Crippen molar-refractivity contribution in [2.24, 2.45) is 5.10 Å². The van der Waals surface area contributed by atoms with E-state index in [-0.39, 0.29) is 0 Å². The zero-order valence-corrected chi connectivity index (χ0v) is 12.7. The Balaban J connectivity index is 1.90. The number of benzene rings is 2. The number of para-hydroxylation sites is 1. The molecule has 112 valence electrons. The highest BCUT2D eigenvalue weighted by atomic mass is 35.5. The molecule has 7 heteroatoms. The molecule has 0 aromatic heterocycles. The summed E-state index contributed by atoms with van der Waals surface area (Å²) in [5, 5.41) is 7.03. The van der Waals surface area contributed by atoms with Gasteiger partial charge in [-0.05, 0) is 29.8 Å². The van der Waals surface area contributed by atoms with Crippen LogP contribution < -0.4 is 10.7 Å². The highest BCUT2D eigenvalue weighted by Gasteiger charge is 2.13. The number of hydrogen-bond donors (Lipinski definition) is 2. The van der Waals surface area contributed by atoms with Crippen LogP contribution in [-0.4, -0.2) is 18.0 Å². The molecule has 2 N–H and O–H groups in total. The lowest BCUT2D eigenvalue weighted by Gasteiger charge is -2.05. The van der Waals surface area contributed by atoms with Crippen LogP contribution in [0.15, 0.2) is 53.6 Å². The van der Waals surface area contributed by atoms with Gasteiger partial charge in [-0.2, -0.15) is 5.10 Å². The van der Waals surface area contributed by atoms with Gasteiger partial charge in [-0.25, -0.2) is 5.43 Å². The van der Waals surface area contributed by atoms with Gasteiger partial charge in [0.25, 0.3) is 0 Å². The Hall–Kier alpha value is -2.37. The third-order valence-electron chi connectivity index (χ3n) is 2.58. The molecule has 2 aromatic carbocycles. The van der Waals surface area contributed by atoms with Gasteiger partial charge in [-0.15, -0.1) is 0 Å². The number of amides is 2. The molecule has 0 fully saturated rings. The number of rotatable bonds is 3. The SMILES string of the molecule is O=C(N/N=C\c1ccc(Cl)cc1)C(=O)Nc1ccccc1Cl. The van der Waals surface area contributed by atoms with Gasteiger partial charge in [0, 0.05) is 5.02 Å². The first kappa shape index (κ1) is 16.0. The van der Waals surface area contributed by atoms with Crippen molar-refractivity contribution in [3.05, 3.63) is 64.1 Å². The summed E-state index contributed by atoms with van der Waals surface area (Å²) in [4.78, 5) is 23.3. The van der Waals surface area contributed by atoms with Crippen molar-refractivity contribution >= 4 is 46.9 Å². The molecule has 0 saturated heterocycles. The Kier molecular flexibility index (Phi) is 5.52. The van der Waals surface area contributed by atoms with Crippen LogP contribution in [0, 0.1) is 0 Å². The van der Waals surface area contributed by atoms with Gasteiger partial charge in [0.2, 0.25) is 0 Å². The summed E-state index contributed by atoms with van der Waals surface area (Å²) in [6, 6.07) is 13.4. The fraction of sp³-hybridized carbons (Fsp3) is 0. The highest BCUT2D eigenvalue weighted by Crippen LogP contribution is 2.20. The lowest BCUT2D eigenvalue weighted by Crippen LogP contribution is -2.32. The number of hydrazone groups is 1. The van der Waals surface area contributed by atoms with E-state index in [2.05, 4.69) is 15.8 Å². The number of carbonyl (C=O) groups excluding carboxylic acids is 2. The Bertz CT molecular complexity index is 715. The van der Waals surface area contributed by atoms with Crippen LogP contribution in [0.3, 0.4) is 0 Å². The standard InChI is InChI=1S/C15H11Cl2N3O2/c16-11-7-5-10(6-8-11)9-18-20-15(22)14(21)19-13-4-2-1-3-12(13)17/h1-9H,(H,19,21)(H,20,22)/b18-9-. The Morgan fingerprint density at radius 3 is 2.32 bits per heavy atom.